The molecule has 1 aromatic carbocycles. The highest BCUT2D eigenvalue weighted by Gasteiger charge is 2.25. The van der Waals surface area contributed by atoms with Gasteiger partial charge in [0.25, 0.3) is 0 Å². The summed E-state index contributed by atoms with van der Waals surface area (Å²) in [7, 11) is 0. The van der Waals surface area contributed by atoms with E-state index >= 15 is 0 Å². The monoisotopic (exact) mass is 448 g/mol. The summed E-state index contributed by atoms with van der Waals surface area (Å²) in [6, 6.07) is 4.04. The Morgan fingerprint density at radius 1 is 1.25 bits per heavy atom. The van der Waals surface area contributed by atoms with Crippen molar-refractivity contribution in [2.45, 2.75) is 19.4 Å². The number of rotatable bonds is 3. The maximum atomic E-state index is 10.2. The summed E-state index contributed by atoms with van der Waals surface area (Å²) in [6.07, 6.45) is 0.994. The Morgan fingerprint density at radius 3 is 2.35 bits per heavy atom. The average molecular weight is 451 g/mol. The molecule has 2 rings (SSSR count). The first kappa shape index (κ1) is 20.5. The largest absolute Gasteiger partial charge is 0.508 e. The molecule has 1 aliphatic heterocycles. The fourth-order valence-electron chi connectivity index (χ4n) is 2.54. The number of phenolic OH excluding ortho intramolecular Hbond substituents is 1. The molecule has 0 aromatic heterocycles. The topological polar surface area (TPSA) is 35.5 Å². The predicted octanol–water partition coefficient (Wildman–Crippen LogP) is 4.12. The molecule has 0 unspecified atom stereocenters. The van der Waals surface area contributed by atoms with Gasteiger partial charge in [-0.1, -0.05) is 38.8 Å². The Bertz CT molecular complexity index is 406. The van der Waals surface area contributed by atoms with Crippen LogP contribution in [0.4, 0.5) is 0 Å². The minimum absolute atomic E-state index is 0. The summed E-state index contributed by atoms with van der Waals surface area (Å²) in [6.45, 7) is 6.26. The Kier molecular flexibility index (Phi) is 9.72. The van der Waals surface area contributed by atoms with E-state index in [1.165, 1.54) is 0 Å². The van der Waals surface area contributed by atoms with Crippen molar-refractivity contribution in [2.75, 3.05) is 26.2 Å². The smallest absolute Gasteiger partial charge is 0.122 e. The van der Waals surface area contributed by atoms with Gasteiger partial charge in [0.05, 0.1) is 0 Å². The lowest BCUT2D eigenvalue weighted by Gasteiger charge is -2.35. The SMILES string of the molecule is CC[C@H](c1c(O)cc(Br)cc1Br)N1CCNCC1.Cl.Cl. The zero-order valence-electron chi connectivity index (χ0n) is 11.2. The van der Waals surface area contributed by atoms with Crippen LogP contribution < -0.4 is 5.32 Å². The van der Waals surface area contributed by atoms with E-state index in [9.17, 15) is 5.11 Å². The lowest BCUT2D eigenvalue weighted by Crippen LogP contribution is -2.45. The van der Waals surface area contributed by atoms with E-state index in [1.54, 1.807) is 6.07 Å². The molecule has 1 fully saturated rings. The molecule has 1 aromatic rings. The van der Waals surface area contributed by atoms with Crippen molar-refractivity contribution in [3.8, 4) is 5.75 Å². The number of aromatic hydroxyl groups is 1. The molecular formula is C13H20Br2Cl2N2O. The highest BCUT2D eigenvalue weighted by Crippen LogP contribution is 2.39. The maximum Gasteiger partial charge on any atom is 0.122 e. The van der Waals surface area contributed by atoms with Crippen LogP contribution in [0, 0.1) is 0 Å². The predicted molar refractivity (Wildman–Crippen MR) is 95.5 cm³/mol. The third-order valence-corrected chi connectivity index (χ3v) is 4.50. The lowest BCUT2D eigenvalue weighted by atomic mass is 10.0. The molecule has 20 heavy (non-hydrogen) atoms. The first-order valence-corrected chi connectivity index (χ1v) is 7.84. The Labute approximate surface area is 149 Å². The van der Waals surface area contributed by atoms with Crippen LogP contribution in [0.5, 0.6) is 5.75 Å². The molecule has 7 heteroatoms. The van der Waals surface area contributed by atoms with Crippen LogP contribution in [0.15, 0.2) is 21.1 Å². The number of halogens is 4. The molecule has 116 valence electrons. The lowest BCUT2D eigenvalue weighted by molar-refractivity contribution is 0.166. The van der Waals surface area contributed by atoms with Gasteiger partial charge in [-0.2, -0.15) is 0 Å². The molecular weight excluding hydrogens is 431 g/mol. The van der Waals surface area contributed by atoms with Gasteiger partial charge in [-0.05, 0) is 18.6 Å². The third kappa shape index (κ3) is 4.75. The zero-order valence-corrected chi connectivity index (χ0v) is 16.0. The van der Waals surface area contributed by atoms with E-state index in [4.69, 9.17) is 0 Å². The van der Waals surface area contributed by atoms with E-state index < -0.39 is 0 Å². The van der Waals surface area contributed by atoms with Crippen molar-refractivity contribution in [3.05, 3.63) is 26.6 Å². The van der Waals surface area contributed by atoms with Gasteiger partial charge in [0.15, 0.2) is 0 Å². The Balaban J connectivity index is 0.00000180. The normalized spacial score (nSPS) is 16.9. The molecule has 0 saturated carbocycles. The maximum absolute atomic E-state index is 10.2. The van der Waals surface area contributed by atoms with Crippen LogP contribution >= 0.6 is 56.7 Å². The molecule has 1 saturated heterocycles. The first-order valence-electron chi connectivity index (χ1n) is 6.26. The van der Waals surface area contributed by atoms with Crippen LogP contribution in [-0.2, 0) is 0 Å². The molecule has 0 aliphatic carbocycles. The molecule has 1 aliphatic rings. The molecule has 0 amide bonds. The highest BCUT2D eigenvalue weighted by atomic mass is 79.9. The van der Waals surface area contributed by atoms with Gasteiger partial charge >= 0.3 is 0 Å². The molecule has 1 atom stereocenters. The molecule has 0 bridgehead atoms. The van der Waals surface area contributed by atoms with E-state index in [-0.39, 0.29) is 30.9 Å². The molecule has 0 radical (unpaired) electrons. The van der Waals surface area contributed by atoms with Crippen molar-refractivity contribution in [1.29, 1.82) is 0 Å². The Hall–Kier alpha value is 0.480. The van der Waals surface area contributed by atoms with E-state index in [2.05, 4.69) is 49.0 Å². The standard InChI is InChI=1S/C13H18Br2N2O.2ClH/c1-2-11(17-5-3-16-4-6-17)13-10(15)7-9(14)8-12(13)18;;/h7-8,11,16,18H,2-6H2,1H3;2*1H/t11-;;/m1../s1. The zero-order chi connectivity index (χ0) is 13.1. The highest BCUT2D eigenvalue weighted by molar-refractivity contribution is 9.11. The summed E-state index contributed by atoms with van der Waals surface area (Å²) in [5, 5.41) is 13.6. The van der Waals surface area contributed by atoms with Crippen molar-refractivity contribution in [2.24, 2.45) is 0 Å². The molecule has 2 N–H and O–H groups in total. The summed E-state index contributed by atoms with van der Waals surface area (Å²) >= 11 is 6.97. The van der Waals surface area contributed by atoms with Gasteiger partial charge in [-0.3, -0.25) is 4.90 Å². The van der Waals surface area contributed by atoms with Gasteiger partial charge in [-0.15, -0.1) is 24.8 Å². The van der Waals surface area contributed by atoms with Crippen molar-refractivity contribution in [1.82, 2.24) is 10.2 Å². The van der Waals surface area contributed by atoms with E-state index in [0.29, 0.717) is 5.75 Å². The molecule has 3 nitrogen and oxygen atoms in total. The van der Waals surface area contributed by atoms with Gasteiger partial charge in [0.2, 0.25) is 0 Å². The second kappa shape index (κ2) is 9.49. The molecule has 0 spiro atoms. The fourth-order valence-corrected chi connectivity index (χ4v) is 4.01. The number of piperazine rings is 1. The van der Waals surface area contributed by atoms with Crippen molar-refractivity contribution in [3.63, 3.8) is 0 Å². The quantitative estimate of drug-likeness (QED) is 0.727. The summed E-state index contributed by atoms with van der Waals surface area (Å²) in [5.74, 6) is 0.363. The number of nitrogens with one attached hydrogen (secondary N) is 1. The number of hydrogen-bond acceptors (Lipinski definition) is 3. The number of benzene rings is 1. The first-order chi connectivity index (χ1) is 8.63. The van der Waals surface area contributed by atoms with Crippen LogP contribution in [0.25, 0.3) is 0 Å². The van der Waals surface area contributed by atoms with E-state index in [0.717, 1.165) is 47.1 Å². The summed E-state index contributed by atoms with van der Waals surface area (Å²) in [5.41, 5.74) is 1.00. The van der Waals surface area contributed by atoms with Gasteiger partial charge in [-0.25, -0.2) is 0 Å². The molecule has 1 heterocycles. The van der Waals surface area contributed by atoms with Gasteiger partial charge in [0.1, 0.15) is 5.75 Å². The van der Waals surface area contributed by atoms with Crippen LogP contribution in [0.2, 0.25) is 0 Å². The fraction of sp³-hybridized carbons (Fsp3) is 0.538. The number of nitrogens with zero attached hydrogens (tertiary/aromatic N) is 1. The van der Waals surface area contributed by atoms with Crippen LogP contribution in [0.3, 0.4) is 0 Å². The third-order valence-electron chi connectivity index (χ3n) is 3.38. The number of hydrogen-bond donors (Lipinski definition) is 2. The Morgan fingerprint density at radius 2 is 1.85 bits per heavy atom. The minimum Gasteiger partial charge on any atom is -0.508 e. The average Bonchev–Trinajstić information content (AvgIpc) is 2.34. The second-order valence-corrected chi connectivity index (χ2v) is 6.30. The van der Waals surface area contributed by atoms with Gasteiger partial charge in [0, 0.05) is 46.7 Å². The minimum atomic E-state index is 0. The van der Waals surface area contributed by atoms with Crippen LogP contribution in [0.1, 0.15) is 24.9 Å². The van der Waals surface area contributed by atoms with E-state index in [1.807, 2.05) is 6.07 Å². The van der Waals surface area contributed by atoms with Crippen LogP contribution in [-0.4, -0.2) is 36.2 Å². The summed E-state index contributed by atoms with van der Waals surface area (Å²) in [4.78, 5) is 2.43. The van der Waals surface area contributed by atoms with Crippen molar-refractivity contribution < 1.29 is 5.11 Å². The van der Waals surface area contributed by atoms with Crippen molar-refractivity contribution >= 4 is 56.7 Å². The second-order valence-electron chi connectivity index (χ2n) is 4.53. The number of phenols is 1. The summed E-state index contributed by atoms with van der Waals surface area (Å²) < 4.78 is 1.87. The van der Waals surface area contributed by atoms with Gasteiger partial charge < -0.3 is 10.4 Å².